The number of hydrogen-bond donors (Lipinski definition) is 1. The van der Waals surface area contributed by atoms with Crippen LogP contribution in [0.15, 0.2) is 24.3 Å². The van der Waals surface area contributed by atoms with E-state index in [0.29, 0.717) is 0 Å². The Morgan fingerprint density at radius 2 is 1.71 bits per heavy atom. The van der Waals surface area contributed by atoms with E-state index >= 15 is 0 Å². The molecule has 0 aliphatic heterocycles. The highest BCUT2D eigenvalue weighted by molar-refractivity contribution is 5.23. The third kappa shape index (κ3) is 3.93. The maximum atomic E-state index is 5.49. The summed E-state index contributed by atoms with van der Waals surface area (Å²) in [6, 6.07) is 8.91. The van der Waals surface area contributed by atoms with E-state index in [9.17, 15) is 0 Å². The smallest absolute Gasteiger partial charge is 0.00741 e. The maximum Gasteiger partial charge on any atom is -0.00741 e. The van der Waals surface area contributed by atoms with Gasteiger partial charge in [0.2, 0.25) is 0 Å². The van der Waals surface area contributed by atoms with Crippen LogP contribution in [0.5, 0.6) is 0 Å². The third-order valence-corrected chi connectivity index (χ3v) is 2.48. The van der Waals surface area contributed by atoms with Gasteiger partial charge in [0, 0.05) is 0 Å². The summed E-state index contributed by atoms with van der Waals surface area (Å²) in [5.41, 5.74) is 8.40. The Kier molecular flexibility index (Phi) is 5.31. The zero-order chi connectivity index (χ0) is 10.2. The number of benzene rings is 1. The molecule has 0 aliphatic carbocycles. The lowest BCUT2D eigenvalue weighted by molar-refractivity contribution is 0.789. The molecule has 1 rings (SSSR count). The molecule has 0 atom stereocenters. The van der Waals surface area contributed by atoms with Crippen LogP contribution in [0, 0.1) is 0 Å². The summed E-state index contributed by atoms with van der Waals surface area (Å²) in [7, 11) is 0. The fourth-order valence-electron chi connectivity index (χ4n) is 1.63. The van der Waals surface area contributed by atoms with Gasteiger partial charge < -0.3 is 5.73 Å². The molecule has 0 saturated carbocycles. The van der Waals surface area contributed by atoms with Gasteiger partial charge in [-0.1, -0.05) is 37.6 Å². The monoisotopic (exact) mass is 191 g/mol. The quantitative estimate of drug-likeness (QED) is 0.735. The average molecular weight is 191 g/mol. The zero-order valence-corrected chi connectivity index (χ0v) is 9.13. The fourth-order valence-corrected chi connectivity index (χ4v) is 1.63. The molecule has 1 aromatic rings. The van der Waals surface area contributed by atoms with E-state index in [1.807, 2.05) is 0 Å². The van der Waals surface area contributed by atoms with Crippen molar-refractivity contribution in [2.24, 2.45) is 5.73 Å². The van der Waals surface area contributed by atoms with Crippen LogP contribution in [0.3, 0.4) is 0 Å². The van der Waals surface area contributed by atoms with Crippen molar-refractivity contribution < 1.29 is 0 Å². The third-order valence-electron chi connectivity index (χ3n) is 2.48. The lowest BCUT2D eigenvalue weighted by Crippen LogP contribution is -2.00. The molecule has 0 saturated heterocycles. The molecule has 14 heavy (non-hydrogen) atoms. The van der Waals surface area contributed by atoms with Gasteiger partial charge in [-0.3, -0.25) is 0 Å². The molecule has 0 spiro atoms. The summed E-state index contributed by atoms with van der Waals surface area (Å²) in [4.78, 5) is 0. The summed E-state index contributed by atoms with van der Waals surface area (Å²) in [5, 5.41) is 0. The van der Waals surface area contributed by atoms with Gasteiger partial charge in [0.15, 0.2) is 0 Å². The second-order valence-electron chi connectivity index (χ2n) is 3.82. The van der Waals surface area contributed by atoms with E-state index in [-0.39, 0.29) is 0 Å². The maximum absolute atomic E-state index is 5.49. The Bertz CT molecular complexity index is 232. The Hall–Kier alpha value is -0.820. The minimum atomic E-state index is 0.791. The second kappa shape index (κ2) is 6.61. The summed E-state index contributed by atoms with van der Waals surface area (Å²) in [6.07, 6.45) is 5.99. The topological polar surface area (TPSA) is 26.0 Å². The molecule has 1 heteroatoms. The molecule has 0 unspecified atom stereocenters. The van der Waals surface area contributed by atoms with Crippen molar-refractivity contribution in [3.8, 4) is 0 Å². The van der Waals surface area contributed by atoms with Crippen LogP contribution < -0.4 is 5.73 Å². The highest BCUT2D eigenvalue weighted by Gasteiger charge is 1.95. The van der Waals surface area contributed by atoms with Crippen molar-refractivity contribution in [1.29, 1.82) is 0 Å². The van der Waals surface area contributed by atoms with Crippen molar-refractivity contribution in [3.63, 3.8) is 0 Å². The molecule has 0 aliphatic rings. The standard InChI is InChI=1S/C13H21N/c1-2-3-6-12-7-4-8-13(11-12)9-5-10-14/h4,7-8,11H,2-3,5-6,9-10,14H2,1H3. The summed E-state index contributed by atoms with van der Waals surface area (Å²) >= 11 is 0. The normalized spacial score (nSPS) is 10.4. The number of unbranched alkanes of at least 4 members (excludes halogenated alkanes) is 1. The first kappa shape index (κ1) is 11.3. The first-order chi connectivity index (χ1) is 6.86. The first-order valence-electron chi connectivity index (χ1n) is 5.64. The van der Waals surface area contributed by atoms with Gasteiger partial charge in [-0.25, -0.2) is 0 Å². The molecule has 1 aromatic carbocycles. The molecule has 0 aromatic heterocycles. The van der Waals surface area contributed by atoms with Crippen molar-refractivity contribution in [1.82, 2.24) is 0 Å². The van der Waals surface area contributed by atoms with Crippen LogP contribution in [-0.2, 0) is 12.8 Å². The number of hydrogen-bond acceptors (Lipinski definition) is 1. The molecule has 2 N–H and O–H groups in total. The predicted molar refractivity (Wildman–Crippen MR) is 62.4 cm³/mol. The van der Waals surface area contributed by atoms with Crippen LogP contribution in [0.1, 0.15) is 37.3 Å². The van der Waals surface area contributed by atoms with Crippen LogP contribution in [-0.4, -0.2) is 6.54 Å². The minimum Gasteiger partial charge on any atom is -0.330 e. The molecule has 0 heterocycles. The molecule has 0 bridgehead atoms. The Balaban J connectivity index is 2.50. The van der Waals surface area contributed by atoms with Gasteiger partial charge in [-0.05, 0) is 43.4 Å². The Morgan fingerprint density at radius 1 is 1.07 bits per heavy atom. The highest BCUT2D eigenvalue weighted by Crippen LogP contribution is 2.10. The van der Waals surface area contributed by atoms with E-state index in [0.717, 1.165) is 19.4 Å². The van der Waals surface area contributed by atoms with Crippen molar-refractivity contribution in [3.05, 3.63) is 35.4 Å². The molecular formula is C13H21N. The summed E-state index contributed by atoms with van der Waals surface area (Å²) in [5.74, 6) is 0. The van der Waals surface area contributed by atoms with E-state index in [2.05, 4.69) is 31.2 Å². The molecular weight excluding hydrogens is 170 g/mol. The van der Waals surface area contributed by atoms with Gasteiger partial charge in [0.05, 0.1) is 0 Å². The molecule has 0 amide bonds. The van der Waals surface area contributed by atoms with Crippen LogP contribution in [0.4, 0.5) is 0 Å². The zero-order valence-electron chi connectivity index (χ0n) is 9.13. The number of rotatable bonds is 6. The van der Waals surface area contributed by atoms with Gasteiger partial charge >= 0.3 is 0 Å². The fraction of sp³-hybridized carbons (Fsp3) is 0.538. The van der Waals surface area contributed by atoms with Crippen molar-refractivity contribution >= 4 is 0 Å². The molecule has 0 radical (unpaired) electrons. The van der Waals surface area contributed by atoms with Crippen LogP contribution in [0.25, 0.3) is 0 Å². The lowest BCUT2D eigenvalue weighted by atomic mass is 10.0. The molecule has 0 fully saturated rings. The predicted octanol–water partition coefficient (Wildman–Crippen LogP) is 2.92. The average Bonchev–Trinajstić information content (AvgIpc) is 2.24. The summed E-state index contributed by atoms with van der Waals surface area (Å²) < 4.78 is 0. The second-order valence-corrected chi connectivity index (χ2v) is 3.82. The van der Waals surface area contributed by atoms with Gasteiger partial charge in [0.25, 0.3) is 0 Å². The number of aryl methyl sites for hydroxylation is 2. The van der Waals surface area contributed by atoms with Crippen LogP contribution in [0.2, 0.25) is 0 Å². The number of nitrogens with two attached hydrogens (primary N) is 1. The van der Waals surface area contributed by atoms with Gasteiger partial charge in [0.1, 0.15) is 0 Å². The SMILES string of the molecule is CCCCc1cccc(CCCN)c1. The largest absolute Gasteiger partial charge is 0.330 e. The van der Waals surface area contributed by atoms with E-state index in [4.69, 9.17) is 5.73 Å². The van der Waals surface area contributed by atoms with Crippen molar-refractivity contribution in [2.75, 3.05) is 6.54 Å². The lowest BCUT2D eigenvalue weighted by Gasteiger charge is -2.04. The van der Waals surface area contributed by atoms with Crippen LogP contribution >= 0.6 is 0 Å². The minimum absolute atomic E-state index is 0.791. The van der Waals surface area contributed by atoms with Gasteiger partial charge in [-0.2, -0.15) is 0 Å². The Morgan fingerprint density at radius 3 is 2.29 bits per heavy atom. The van der Waals surface area contributed by atoms with E-state index in [1.54, 1.807) is 0 Å². The van der Waals surface area contributed by atoms with E-state index in [1.165, 1.54) is 30.4 Å². The first-order valence-corrected chi connectivity index (χ1v) is 5.64. The van der Waals surface area contributed by atoms with E-state index < -0.39 is 0 Å². The van der Waals surface area contributed by atoms with Gasteiger partial charge in [-0.15, -0.1) is 0 Å². The molecule has 78 valence electrons. The highest BCUT2D eigenvalue weighted by atomic mass is 14.5. The van der Waals surface area contributed by atoms with Crippen molar-refractivity contribution in [2.45, 2.75) is 39.0 Å². The molecule has 1 nitrogen and oxygen atoms in total. The summed E-state index contributed by atoms with van der Waals surface area (Å²) in [6.45, 7) is 3.03. The Labute approximate surface area is 87.3 Å².